The van der Waals surface area contributed by atoms with Gasteiger partial charge in [0.2, 0.25) is 0 Å². The van der Waals surface area contributed by atoms with Crippen molar-refractivity contribution in [3.05, 3.63) is 33.3 Å². The van der Waals surface area contributed by atoms with Crippen LogP contribution in [0, 0.1) is 0 Å². The third kappa shape index (κ3) is 1.86. The van der Waals surface area contributed by atoms with Crippen LogP contribution in [0.4, 0.5) is 0 Å². The van der Waals surface area contributed by atoms with Gasteiger partial charge in [-0.3, -0.25) is 9.78 Å². The number of benzene rings is 1. The Kier molecular flexibility index (Phi) is 2.78. The van der Waals surface area contributed by atoms with E-state index in [-0.39, 0.29) is 22.0 Å². The van der Waals surface area contributed by atoms with Crippen molar-refractivity contribution in [3.63, 3.8) is 0 Å². The monoisotopic (exact) mass is 259 g/mol. The number of carbonyl (C=O) groups is 1. The van der Waals surface area contributed by atoms with Crippen LogP contribution in [-0.2, 0) is 0 Å². The standard InChI is InChI=1S/C10H7Cl2NO3/c1-4(11)9(14)5-2-8-7(3-6(5)12)13-10(15)16-8/h2-4H,1H3,(H,13,15). The van der Waals surface area contributed by atoms with E-state index in [0.717, 1.165) is 0 Å². The van der Waals surface area contributed by atoms with Crippen LogP contribution in [0.1, 0.15) is 17.3 Å². The maximum atomic E-state index is 11.7. The number of rotatable bonds is 2. The van der Waals surface area contributed by atoms with Crippen molar-refractivity contribution in [2.24, 2.45) is 0 Å². The van der Waals surface area contributed by atoms with Gasteiger partial charge in [0, 0.05) is 5.56 Å². The SMILES string of the molecule is CC(Cl)C(=O)c1cc2oc(=O)[nH]c2cc1Cl. The summed E-state index contributed by atoms with van der Waals surface area (Å²) in [6.45, 7) is 1.55. The number of aromatic nitrogens is 1. The van der Waals surface area contributed by atoms with Crippen LogP contribution in [0.2, 0.25) is 5.02 Å². The molecule has 1 unspecified atom stereocenters. The summed E-state index contributed by atoms with van der Waals surface area (Å²) in [6, 6.07) is 2.88. The molecule has 16 heavy (non-hydrogen) atoms. The average Bonchev–Trinajstić information content (AvgIpc) is 2.54. The number of hydrogen-bond acceptors (Lipinski definition) is 3. The summed E-state index contributed by atoms with van der Waals surface area (Å²) in [5, 5.41) is -0.442. The van der Waals surface area contributed by atoms with Crippen molar-refractivity contribution in [3.8, 4) is 0 Å². The summed E-state index contributed by atoms with van der Waals surface area (Å²) < 4.78 is 4.83. The number of halogens is 2. The second kappa shape index (κ2) is 3.96. The highest BCUT2D eigenvalue weighted by atomic mass is 35.5. The second-order valence-corrected chi connectivity index (χ2v) is 4.38. The normalized spacial score (nSPS) is 12.9. The maximum Gasteiger partial charge on any atom is 0.417 e. The van der Waals surface area contributed by atoms with Gasteiger partial charge < -0.3 is 4.42 Å². The minimum absolute atomic E-state index is 0.238. The van der Waals surface area contributed by atoms with E-state index in [4.69, 9.17) is 27.6 Å². The molecule has 0 aliphatic rings. The van der Waals surface area contributed by atoms with Crippen LogP contribution in [0.5, 0.6) is 0 Å². The van der Waals surface area contributed by atoms with Crippen molar-refractivity contribution in [2.75, 3.05) is 0 Å². The predicted molar refractivity (Wildman–Crippen MR) is 61.5 cm³/mol. The molecule has 4 nitrogen and oxygen atoms in total. The van der Waals surface area contributed by atoms with Gasteiger partial charge in [-0.05, 0) is 19.1 Å². The van der Waals surface area contributed by atoms with Gasteiger partial charge in [0.05, 0.1) is 15.9 Å². The fraction of sp³-hybridized carbons (Fsp3) is 0.200. The Labute approximate surface area is 100 Å². The van der Waals surface area contributed by atoms with Gasteiger partial charge in [-0.15, -0.1) is 11.6 Å². The molecule has 1 atom stereocenters. The molecule has 84 valence electrons. The Balaban J connectivity index is 2.66. The van der Waals surface area contributed by atoms with Crippen molar-refractivity contribution < 1.29 is 9.21 Å². The Morgan fingerprint density at radius 1 is 1.50 bits per heavy atom. The minimum atomic E-state index is -0.680. The molecule has 0 amide bonds. The molecular weight excluding hydrogens is 253 g/mol. The van der Waals surface area contributed by atoms with Crippen molar-refractivity contribution in [1.29, 1.82) is 0 Å². The lowest BCUT2D eigenvalue weighted by Crippen LogP contribution is -2.10. The molecule has 0 radical (unpaired) electrons. The lowest BCUT2D eigenvalue weighted by atomic mass is 10.1. The van der Waals surface area contributed by atoms with E-state index in [1.54, 1.807) is 6.92 Å². The van der Waals surface area contributed by atoms with Gasteiger partial charge in [0.25, 0.3) is 0 Å². The van der Waals surface area contributed by atoms with Gasteiger partial charge in [-0.2, -0.15) is 0 Å². The third-order valence-corrected chi connectivity index (χ3v) is 2.65. The van der Waals surface area contributed by atoms with Crippen LogP contribution in [-0.4, -0.2) is 16.1 Å². The minimum Gasteiger partial charge on any atom is -0.408 e. The lowest BCUT2D eigenvalue weighted by Gasteiger charge is -2.04. The van der Waals surface area contributed by atoms with Gasteiger partial charge in [0.15, 0.2) is 11.4 Å². The van der Waals surface area contributed by atoms with Crippen LogP contribution in [0.15, 0.2) is 21.3 Å². The molecule has 6 heteroatoms. The molecule has 0 aliphatic heterocycles. The molecule has 1 N–H and O–H groups in total. The number of alkyl halides is 1. The zero-order valence-electron chi connectivity index (χ0n) is 8.21. The fourth-order valence-electron chi connectivity index (χ4n) is 1.37. The molecule has 0 bridgehead atoms. The van der Waals surface area contributed by atoms with E-state index in [0.29, 0.717) is 5.52 Å². The van der Waals surface area contributed by atoms with Crippen LogP contribution in [0.3, 0.4) is 0 Å². The summed E-state index contributed by atoms with van der Waals surface area (Å²) in [7, 11) is 0. The van der Waals surface area contributed by atoms with Crippen molar-refractivity contribution in [1.82, 2.24) is 4.98 Å². The second-order valence-electron chi connectivity index (χ2n) is 3.32. The molecule has 0 aliphatic carbocycles. The molecule has 0 spiro atoms. The van der Waals surface area contributed by atoms with Gasteiger partial charge in [-0.25, -0.2) is 4.79 Å². The number of fused-ring (bicyclic) bond motifs is 1. The zero-order valence-corrected chi connectivity index (χ0v) is 9.72. The maximum absolute atomic E-state index is 11.7. The number of hydrogen-bond donors (Lipinski definition) is 1. The number of aromatic amines is 1. The summed E-state index contributed by atoms with van der Waals surface area (Å²) in [4.78, 5) is 25.1. The molecule has 2 rings (SSSR count). The molecule has 0 saturated heterocycles. The summed E-state index contributed by atoms with van der Waals surface area (Å²) in [5.74, 6) is -0.896. The van der Waals surface area contributed by atoms with E-state index in [1.807, 2.05) is 0 Å². The first-order valence-electron chi connectivity index (χ1n) is 4.49. The summed E-state index contributed by atoms with van der Waals surface area (Å²) in [6.07, 6.45) is 0. The van der Waals surface area contributed by atoms with E-state index in [1.165, 1.54) is 12.1 Å². The van der Waals surface area contributed by atoms with Gasteiger partial charge >= 0.3 is 5.76 Å². The fourth-order valence-corrected chi connectivity index (χ4v) is 1.75. The molecule has 1 heterocycles. The number of Topliss-reactive ketones (excluding diaryl/α,β-unsaturated/α-hetero) is 1. The largest absolute Gasteiger partial charge is 0.417 e. The number of carbonyl (C=O) groups excluding carboxylic acids is 1. The third-order valence-electron chi connectivity index (χ3n) is 2.14. The van der Waals surface area contributed by atoms with E-state index < -0.39 is 11.1 Å². The number of H-pyrrole nitrogens is 1. The number of oxazole rings is 1. The highest BCUT2D eigenvalue weighted by Crippen LogP contribution is 2.24. The zero-order chi connectivity index (χ0) is 11.9. The van der Waals surface area contributed by atoms with E-state index in [9.17, 15) is 9.59 Å². The summed E-state index contributed by atoms with van der Waals surface area (Å²) >= 11 is 11.6. The number of nitrogens with one attached hydrogen (secondary N) is 1. The molecule has 1 aromatic carbocycles. The van der Waals surface area contributed by atoms with Crippen molar-refractivity contribution >= 4 is 40.1 Å². The van der Waals surface area contributed by atoms with Crippen LogP contribution < -0.4 is 5.76 Å². The Hall–Kier alpha value is -1.26. The lowest BCUT2D eigenvalue weighted by molar-refractivity contribution is 0.0992. The van der Waals surface area contributed by atoms with Gasteiger partial charge in [0.1, 0.15) is 0 Å². The highest BCUT2D eigenvalue weighted by Gasteiger charge is 2.17. The first-order valence-corrected chi connectivity index (χ1v) is 5.31. The van der Waals surface area contributed by atoms with Crippen LogP contribution >= 0.6 is 23.2 Å². The van der Waals surface area contributed by atoms with Gasteiger partial charge in [-0.1, -0.05) is 11.6 Å². The smallest absolute Gasteiger partial charge is 0.408 e. The van der Waals surface area contributed by atoms with E-state index >= 15 is 0 Å². The predicted octanol–water partition coefficient (Wildman–Crippen LogP) is 2.58. The first-order chi connectivity index (χ1) is 7.49. The molecule has 0 saturated carbocycles. The molecule has 1 aromatic heterocycles. The van der Waals surface area contributed by atoms with Crippen LogP contribution in [0.25, 0.3) is 11.1 Å². The van der Waals surface area contributed by atoms with E-state index in [2.05, 4.69) is 4.98 Å². The Morgan fingerprint density at radius 3 is 2.81 bits per heavy atom. The quantitative estimate of drug-likeness (QED) is 0.666. The molecule has 0 fully saturated rings. The highest BCUT2D eigenvalue weighted by molar-refractivity contribution is 6.39. The first kappa shape index (κ1) is 11.2. The molecular formula is C10H7Cl2NO3. The summed E-state index contributed by atoms with van der Waals surface area (Å²) in [5.41, 5.74) is 0.989. The topological polar surface area (TPSA) is 63.1 Å². The Bertz CT molecular complexity index is 612. The molecule has 2 aromatic rings. The number of ketones is 1. The Morgan fingerprint density at radius 2 is 2.19 bits per heavy atom. The van der Waals surface area contributed by atoms with Crippen molar-refractivity contribution in [2.45, 2.75) is 12.3 Å². The average molecular weight is 260 g/mol.